The van der Waals surface area contributed by atoms with E-state index in [1.165, 1.54) is 21.5 Å². The third-order valence-corrected chi connectivity index (χ3v) is 14.3. The zero-order valence-electron chi connectivity index (χ0n) is 37.4. The van der Waals surface area contributed by atoms with Gasteiger partial charge in [-0.25, -0.2) is 0 Å². The van der Waals surface area contributed by atoms with Gasteiger partial charge in [-0.3, -0.25) is 0 Å². The van der Waals surface area contributed by atoms with Crippen LogP contribution in [-0.2, 0) is 0 Å². The monoisotopic (exact) mass is 878 g/mol. The van der Waals surface area contributed by atoms with Crippen LogP contribution in [0.3, 0.4) is 0 Å². The molecule has 0 amide bonds. The number of aromatic nitrogens is 4. The van der Waals surface area contributed by atoms with Crippen molar-refractivity contribution in [2.45, 2.75) is 6.92 Å². The van der Waals surface area contributed by atoms with Crippen molar-refractivity contribution in [2.24, 2.45) is 0 Å². The molecule has 0 unspecified atom stereocenters. The van der Waals surface area contributed by atoms with Gasteiger partial charge in [-0.15, -0.1) is 0 Å². The molecule has 14 aromatic rings. The minimum absolute atomic E-state index is 0.538. The number of para-hydroxylation sites is 6. The van der Waals surface area contributed by atoms with Crippen LogP contribution in [0.4, 0.5) is 0 Å². The van der Waals surface area contributed by atoms with Crippen LogP contribution in [0.5, 0.6) is 0 Å². The van der Waals surface area contributed by atoms with Crippen molar-refractivity contribution < 1.29 is 0 Å². The highest BCUT2D eigenvalue weighted by molar-refractivity contribution is 6.15. The lowest BCUT2D eigenvalue weighted by Gasteiger charge is -2.22. The highest BCUT2D eigenvalue weighted by atomic mass is 15.0. The first-order chi connectivity index (χ1) is 34.1. The lowest BCUT2D eigenvalue weighted by Crippen LogP contribution is -2.06. The largest absolute Gasteiger partial charge is 0.309 e. The average molecular weight is 879 g/mol. The average Bonchev–Trinajstić information content (AvgIpc) is 4.13. The van der Waals surface area contributed by atoms with Crippen molar-refractivity contribution in [3.63, 3.8) is 0 Å². The Bertz CT molecular complexity index is 4240. The Morgan fingerprint density at radius 1 is 0.304 bits per heavy atom. The van der Waals surface area contributed by atoms with Gasteiger partial charge in [0.05, 0.1) is 78.8 Å². The van der Waals surface area contributed by atoms with Crippen LogP contribution in [0.15, 0.2) is 212 Å². The van der Waals surface area contributed by atoms with Crippen LogP contribution in [0.25, 0.3) is 121 Å². The molecule has 0 atom stereocenters. The van der Waals surface area contributed by atoms with Crippen molar-refractivity contribution in [2.75, 3.05) is 0 Å². The molecule has 320 valence electrons. The van der Waals surface area contributed by atoms with Gasteiger partial charge >= 0.3 is 0 Å². The van der Waals surface area contributed by atoms with E-state index in [0.29, 0.717) is 11.1 Å². The summed E-state index contributed by atoms with van der Waals surface area (Å²) in [5.74, 6) is 0. The van der Waals surface area contributed by atoms with Gasteiger partial charge in [0.1, 0.15) is 0 Å². The maximum absolute atomic E-state index is 11.0. The van der Waals surface area contributed by atoms with Gasteiger partial charge in [0.15, 0.2) is 0 Å². The Labute approximate surface area is 396 Å². The van der Waals surface area contributed by atoms with Crippen LogP contribution >= 0.6 is 0 Å². The SMILES string of the molecule is Cc1cc(C#N)ccc1-c1c(-n2c3ccccc3c3cc(-n4c5ccccc5c5ccccc54)ccc32)cc(C#N)cc1-n1c2ccccc2c2cc(-n3c4ccccc4c4ccccc43)ccc21. The Balaban J connectivity index is 1.07. The summed E-state index contributed by atoms with van der Waals surface area (Å²) in [4.78, 5) is 0. The Hall–Kier alpha value is -9.62. The van der Waals surface area contributed by atoms with Crippen LogP contribution in [0.2, 0.25) is 0 Å². The molecule has 0 radical (unpaired) electrons. The molecule has 69 heavy (non-hydrogen) atoms. The van der Waals surface area contributed by atoms with Crippen molar-refractivity contribution >= 4 is 87.2 Å². The first-order valence-corrected chi connectivity index (χ1v) is 23.2. The number of benzene rings is 10. The van der Waals surface area contributed by atoms with Crippen molar-refractivity contribution in [3.05, 3.63) is 229 Å². The summed E-state index contributed by atoms with van der Waals surface area (Å²) in [7, 11) is 0. The van der Waals surface area contributed by atoms with Gasteiger partial charge in [0.2, 0.25) is 0 Å². The molecule has 0 fully saturated rings. The van der Waals surface area contributed by atoms with Gasteiger partial charge in [-0.2, -0.15) is 10.5 Å². The molecule has 6 nitrogen and oxygen atoms in total. The molecule has 4 aromatic heterocycles. The Morgan fingerprint density at radius 2 is 0.638 bits per heavy atom. The number of fused-ring (bicyclic) bond motifs is 12. The van der Waals surface area contributed by atoms with E-state index in [2.05, 4.69) is 225 Å². The van der Waals surface area contributed by atoms with Gasteiger partial charge < -0.3 is 18.3 Å². The number of nitriles is 2. The molecular weight excluding hydrogens is 841 g/mol. The van der Waals surface area contributed by atoms with E-state index >= 15 is 0 Å². The fourth-order valence-electron chi connectivity index (χ4n) is 11.4. The zero-order chi connectivity index (χ0) is 45.9. The van der Waals surface area contributed by atoms with Gasteiger partial charge in [-0.05, 0) is 115 Å². The van der Waals surface area contributed by atoms with E-state index in [9.17, 15) is 10.5 Å². The second-order valence-electron chi connectivity index (χ2n) is 18.0. The number of nitrogens with zero attached hydrogens (tertiary/aromatic N) is 6. The normalized spacial score (nSPS) is 11.8. The van der Waals surface area contributed by atoms with Gasteiger partial charge in [0, 0.05) is 60.0 Å². The minimum Gasteiger partial charge on any atom is -0.309 e. The van der Waals surface area contributed by atoms with Gasteiger partial charge in [-0.1, -0.05) is 115 Å². The van der Waals surface area contributed by atoms with Crippen LogP contribution in [0.1, 0.15) is 16.7 Å². The minimum atomic E-state index is 0.538. The molecule has 0 bridgehead atoms. The van der Waals surface area contributed by atoms with Crippen LogP contribution in [0, 0.1) is 29.6 Å². The highest BCUT2D eigenvalue weighted by Gasteiger charge is 2.25. The van der Waals surface area contributed by atoms with E-state index in [1.807, 2.05) is 24.3 Å². The first kappa shape index (κ1) is 38.6. The lowest BCUT2D eigenvalue weighted by molar-refractivity contribution is 1.13. The van der Waals surface area contributed by atoms with Crippen molar-refractivity contribution in [1.82, 2.24) is 18.3 Å². The van der Waals surface area contributed by atoms with Crippen molar-refractivity contribution in [1.29, 1.82) is 10.5 Å². The molecule has 0 aliphatic heterocycles. The topological polar surface area (TPSA) is 67.3 Å². The van der Waals surface area contributed by atoms with Crippen molar-refractivity contribution in [3.8, 4) is 46.0 Å². The standard InChI is InChI=1S/C63H38N6/c1-39-32-40(37-64)26-29-44(39)63-61(68-57-24-12-6-18-49(57)51-35-42(27-30-59(51)68)66-53-20-8-2-14-45(53)46-15-3-9-21-54(46)66)33-41(38-65)34-62(63)69-58-25-13-7-19-50(58)52-36-43(28-31-60(52)69)67-55-22-10-4-16-47(55)48-17-5-11-23-56(48)67/h2-36H,1H3. The lowest BCUT2D eigenvalue weighted by atomic mass is 9.93. The summed E-state index contributed by atoms with van der Waals surface area (Å²) in [6, 6.07) is 80.1. The molecule has 0 saturated heterocycles. The van der Waals surface area contributed by atoms with Gasteiger partial charge in [0.25, 0.3) is 0 Å². The van der Waals surface area contributed by atoms with Crippen LogP contribution < -0.4 is 0 Å². The Kier molecular flexibility index (Phi) is 8.23. The number of aryl methyl sites for hydroxylation is 1. The second-order valence-corrected chi connectivity index (χ2v) is 18.0. The summed E-state index contributed by atoms with van der Waals surface area (Å²) in [5.41, 5.74) is 16.6. The predicted molar refractivity (Wildman–Crippen MR) is 283 cm³/mol. The molecule has 10 aromatic carbocycles. The molecule has 0 saturated carbocycles. The molecule has 4 heterocycles. The zero-order valence-corrected chi connectivity index (χ0v) is 37.4. The first-order valence-electron chi connectivity index (χ1n) is 23.2. The molecule has 0 N–H and O–H groups in total. The highest BCUT2D eigenvalue weighted by Crippen LogP contribution is 2.45. The Morgan fingerprint density at radius 3 is 1.00 bits per heavy atom. The van der Waals surface area contributed by atoms with E-state index in [4.69, 9.17) is 0 Å². The molecule has 6 heteroatoms. The molecule has 14 rings (SSSR count). The number of hydrogen-bond acceptors (Lipinski definition) is 2. The summed E-state index contributed by atoms with van der Waals surface area (Å²) < 4.78 is 9.41. The molecular formula is C63H38N6. The molecule has 0 spiro atoms. The van der Waals surface area contributed by atoms with E-state index in [0.717, 1.165) is 105 Å². The number of hydrogen-bond donors (Lipinski definition) is 0. The summed E-state index contributed by atoms with van der Waals surface area (Å²) in [6.07, 6.45) is 0. The van der Waals surface area contributed by atoms with E-state index in [1.54, 1.807) is 0 Å². The predicted octanol–water partition coefficient (Wildman–Crippen LogP) is 15.8. The maximum Gasteiger partial charge on any atom is 0.0993 e. The number of rotatable bonds is 5. The smallest absolute Gasteiger partial charge is 0.0993 e. The van der Waals surface area contributed by atoms with E-state index < -0.39 is 0 Å². The van der Waals surface area contributed by atoms with Crippen LogP contribution in [-0.4, -0.2) is 18.3 Å². The fourth-order valence-corrected chi connectivity index (χ4v) is 11.4. The molecule has 0 aliphatic rings. The summed E-state index contributed by atoms with van der Waals surface area (Å²) in [5, 5.41) is 30.4. The molecule has 0 aliphatic carbocycles. The quantitative estimate of drug-likeness (QED) is 0.173. The summed E-state index contributed by atoms with van der Waals surface area (Å²) in [6.45, 7) is 2.08. The third-order valence-electron chi connectivity index (χ3n) is 14.3. The van der Waals surface area contributed by atoms with E-state index in [-0.39, 0.29) is 0 Å². The summed E-state index contributed by atoms with van der Waals surface area (Å²) >= 11 is 0. The second kappa shape index (κ2) is 14.7. The fraction of sp³-hybridized carbons (Fsp3) is 0.0159. The maximum atomic E-state index is 11.0. The third kappa shape index (κ3) is 5.52.